The summed E-state index contributed by atoms with van der Waals surface area (Å²) in [5.41, 5.74) is -1.92. The first kappa shape index (κ1) is 12.6. The lowest BCUT2D eigenvalue weighted by atomic mass is 10.2. The van der Waals surface area contributed by atoms with Gasteiger partial charge in [0.25, 0.3) is 0 Å². The molecule has 0 saturated carbocycles. The van der Waals surface area contributed by atoms with Crippen LogP contribution >= 0.6 is 11.6 Å². The molecule has 0 saturated heterocycles. The molecule has 1 aromatic rings. The minimum absolute atomic E-state index is 0.220. The molecular weight excluding hydrogens is 251 g/mol. The molecule has 0 amide bonds. The molecule has 0 unspecified atom stereocenters. The highest BCUT2D eigenvalue weighted by molar-refractivity contribution is 6.33. The Bertz CT molecular complexity index is 410. The van der Waals surface area contributed by atoms with Crippen LogP contribution in [0.1, 0.15) is 16.1 Å². The molecule has 0 aliphatic rings. The van der Waals surface area contributed by atoms with E-state index in [2.05, 4.69) is 4.74 Å². The van der Waals surface area contributed by atoms with Crippen molar-refractivity contribution >= 4 is 17.6 Å². The zero-order chi connectivity index (χ0) is 12.5. The van der Waals surface area contributed by atoms with Gasteiger partial charge in [-0.2, -0.15) is 17.9 Å². The summed E-state index contributed by atoms with van der Waals surface area (Å²) in [6.45, 7) is 0. The van der Waals surface area contributed by atoms with E-state index in [1.165, 1.54) is 0 Å². The molecule has 0 aliphatic carbocycles. The van der Waals surface area contributed by atoms with Gasteiger partial charge < -0.3 is 9.94 Å². The van der Waals surface area contributed by atoms with Crippen LogP contribution in [0.2, 0.25) is 5.02 Å². The van der Waals surface area contributed by atoms with Crippen LogP contribution in [0, 0.1) is 5.21 Å². The molecule has 0 aliphatic heterocycles. The molecule has 0 radical (unpaired) electrons. The summed E-state index contributed by atoms with van der Waals surface area (Å²) in [6.07, 6.45) is -4.48. The van der Waals surface area contributed by atoms with Gasteiger partial charge in [-0.3, -0.25) is 0 Å². The zero-order valence-corrected chi connectivity index (χ0v) is 8.59. The molecule has 0 spiro atoms. The summed E-state index contributed by atoms with van der Waals surface area (Å²) >= 11 is 5.39. The van der Waals surface area contributed by atoms with Crippen LogP contribution in [0.25, 0.3) is 0 Å². The Morgan fingerprint density at radius 3 is 2.50 bits per heavy atom. The maximum Gasteiger partial charge on any atom is 0.422 e. The van der Waals surface area contributed by atoms with Crippen LogP contribution in [0.5, 0.6) is 0 Å². The lowest BCUT2D eigenvalue weighted by Gasteiger charge is -2.09. The quantitative estimate of drug-likeness (QED) is 0.437. The fourth-order valence-corrected chi connectivity index (χ4v) is 1.26. The van der Waals surface area contributed by atoms with E-state index in [-0.39, 0.29) is 10.9 Å². The Morgan fingerprint density at radius 2 is 2.12 bits per heavy atom. The molecule has 1 rings (SSSR count). The van der Waals surface area contributed by atoms with Crippen LogP contribution < -0.4 is 4.73 Å². The monoisotopic (exact) mass is 255 g/mol. The number of hydrogen-bond acceptors (Lipinski definition) is 3. The Morgan fingerprint density at radius 1 is 1.56 bits per heavy atom. The number of nitrogens with zero attached hydrogens (tertiary/aromatic N) is 1. The summed E-state index contributed by atoms with van der Waals surface area (Å²) in [7, 11) is 0.982. The van der Waals surface area contributed by atoms with Crippen LogP contribution in [0.15, 0.2) is 12.3 Å². The van der Waals surface area contributed by atoms with E-state index in [0.29, 0.717) is 6.07 Å². The van der Waals surface area contributed by atoms with E-state index >= 15 is 0 Å². The predicted octanol–water partition coefficient (Wildman–Crippen LogP) is 1.78. The second kappa shape index (κ2) is 4.17. The van der Waals surface area contributed by atoms with Gasteiger partial charge in [0.1, 0.15) is 10.6 Å². The number of methoxy groups -OCH3 is 1. The third-order valence-electron chi connectivity index (χ3n) is 1.69. The van der Waals surface area contributed by atoms with E-state index < -0.39 is 28.4 Å². The predicted molar refractivity (Wildman–Crippen MR) is 46.8 cm³/mol. The van der Waals surface area contributed by atoms with E-state index in [1.54, 1.807) is 0 Å². The summed E-state index contributed by atoms with van der Waals surface area (Å²) in [6, 6.07) is 0.488. The number of carbonyl (C=O) groups is 1. The lowest BCUT2D eigenvalue weighted by molar-refractivity contribution is -0.609. The van der Waals surface area contributed by atoms with Gasteiger partial charge in [0.2, 0.25) is 0 Å². The summed E-state index contributed by atoms with van der Waals surface area (Å²) in [5, 5.41) is 10.5. The number of halogens is 4. The Hall–Kier alpha value is -1.50. The standard InChI is InChI=1S/C8H5ClF3NO3/c1-16-7(14)6-5(9)2-4(3-13(6)15)8(10,11)12/h2-3H,1H3. The molecule has 4 nitrogen and oxygen atoms in total. The number of carbonyl (C=O) groups excluding carboxylic acids is 1. The number of pyridine rings is 1. The van der Waals surface area contributed by atoms with Crippen molar-refractivity contribution in [1.29, 1.82) is 0 Å². The molecule has 1 aromatic heterocycles. The maximum atomic E-state index is 12.2. The molecule has 8 heteroatoms. The SMILES string of the molecule is COC(=O)c1c(Cl)cc(C(F)(F)F)c[n+]1[O-]. The van der Waals surface area contributed by atoms with Gasteiger partial charge in [-0.05, 0) is 6.07 Å². The summed E-state index contributed by atoms with van der Waals surface area (Å²) in [5.74, 6) is -1.10. The molecule has 1 heterocycles. The number of hydrogen-bond donors (Lipinski definition) is 0. The smallest absolute Gasteiger partial charge is 0.422 e. The average Bonchev–Trinajstić information content (AvgIpc) is 2.14. The average molecular weight is 256 g/mol. The summed E-state index contributed by atoms with van der Waals surface area (Å²) in [4.78, 5) is 11.0. The second-order valence-electron chi connectivity index (χ2n) is 2.74. The van der Waals surface area contributed by atoms with Crippen molar-refractivity contribution in [3.8, 4) is 0 Å². The van der Waals surface area contributed by atoms with Crippen molar-refractivity contribution in [3.63, 3.8) is 0 Å². The molecule has 0 aromatic carbocycles. The normalized spacial score (nSPS) is 11.3. The fraction of sp³-hybridized carbons (Fsp3) is 0.250. The molecule has 0 fully saturated rings. The number of aromatic nitrogens is 1. The second-order valence-corrected chi connectivity index (χ2v) is 3.15. The van der Waals surface area contributed by atoms with Crippen LogP contribution in [-0.2, 0) is 10.9 Å². The molecule has 0 N–H and O–H groups in total. The van der Waals surface area contributed by atoms with Crippen molar-refractivity contribution in [2.24, 2.45) is 0 Å². The number of esters is 1. The zero-order valence-electron chi connectivity index (χ0n) is 7.84. The maximum absolute atomic E-state index is 12.2. The van der Waals surface area contributed by atoms with Gasteiger partial charge in [0.15, 0.2) is 6.20 Å². The molecule has 0 atom stereocenters. The third-order valence-corrected chi connectivity index (χ3v) is 1.98. The van der Waals surface area contributed by atoms with E-state index in [4.69, 9.17) is 11.6 Å². The van der Waals surface area contributed by atoms with Gasteiger partial charge in [0.05, 0.1) is 7.11 Å². The summed E-state index contributed by atoms with van der Waals surface area (Å²) < 4.78 is 40.6. The topological polar surface area (TPSA) is 53.2 Å². The molecular formula is C8H5ClF3NO3. The van der Waals surface area contributed by atoms with Crippen molar-refractivity contribution < 1.29 is 27.4 Å². The van der Waals surface area contributed by atoms with Gasteiger partial charge in [-0.1, -0.05) is 11.6 Å². The minimum atomic E-state index is -4.70. The number of alkyl halides is 3. The Balaban J connectivity index is 3.34. The first-order valence-electron chi connectivity index (χ1n) is 3.85. The molecule has 88 valence electrons. The third kappa shape index (κ3) is 2.35. The van der Waals surface area contributed by atoms with Crippen molar-refractivity contribution in [2.75, 3.05) is 7.11 Å². The van der Waals surface area contributed by atoms with Crippen molar-refractivity contribution in [3.05, 3.63) is 33.8 Å². The van der Waals surface area contributed by atoms with Crippen LogP contribution in [0.4, 0.5) is 13.2 Å². The Labute approximate surface area is 92.8 Å². The van der Waals surface area contributed by atoms with Gasteiger partial charge >= 0.3 is 17.8 Å². The molecule has 0 bridgehead atoms. The number of ether oxygens (including phenoxy) is 1. The van der Waals surface area contributed by atoms with Crippen LogP contribution in [-0.4, -0.2) is 13.1 Å². The first-order chi connectivity index (χ1) is 7.27. The highest BCUT2D eigenvalue weighted by Gasteiger charge is 2.36. The highest BCUT2D eigenvalue weighted by Crippen LogP contribution is 2.30. The van der Waals surface area contributed by atoms with Crippen molar-refractivity contribution in [1.82, 2.24) is 0 Å². The Kier molecular flexibility index (Phi) is 3.27. The largest absolute Gasteiger partial charge is 0.618 e. The van der Waals surface area contributed by atoms with E-state index in [0.717, 1.165) is 7.11 Å². The minimum Gasteiger partial charge on any atom is -0.618 e. The van der Waals surface area contributed by atoms with Gasteiger partial charge in [0, 0.05) is 0 Å². The lowest BCUT2D eigenvalue weighted by Crippen LogP contribution is -2.36. The highest BCUT2D eigenvalue weighted by atomic mass is 35.5. The van der Waals surface area contributed by atoms with Gasteiger partial charge in [-0.15, -0.1) is 0 Å². The van der Waals surface area contributed by atoms with E-state index in [1.807, 2.05) is 0 Å². The fourth-order valence-electron chi connectivity index (χ4n) is 0.977. The van der Waals surface area contributed by atoms with Crippen LogP contribution in [0.3, 0.4) is 0 Å². The molecule has 16 heavy (non-hydrogen) atoms. The van der Waals surface area contributed by atoms with Gasteiger partial charge in [-0.25, -0.2) is 4.79 Å². The van der Waals surface area contributed by atoms with Crippen molar-refractivity contribution in [2.45, 2.75) is 6.18 Å². The van der Waals surface area contributed by atoms with E-state index in [9.17, 15) is 23.2 Å². The number of rotatable bonds is 1. The first-order valence-corrected chi connectivity index (χ1v) is 4.23.